The Bertz CT molecular complexity index is 983. The average molecular weight is 575 g/mol. The van der Waals surface area contributed by atoms with Crippen molar-refractivity contribution < 1.29 is 24.6 Å². The Labute approximate surface area is 246 Å². The fourth-order valence-electron chi connectivity index (χ4n) is 9.89. The van der Waals surface area contributed by atoms with Gasteiger partial charge in [0.15, 0.2) is 0 Å². The molecular formula is C32H54N4O5. The van der Waals surface area contributed by atoms with E-state index in [2.05, 4.69) is 29.4 Å². The summed E-state index contributed by atoms with van der Waals surface area (Å²) in [6.45, 7) is 11.2. The van der Waals surface area contributed by atoms with Crippen LogP contribution in [-0.2, 0) is 14.4 Å². The van der Waals surface area contributed by atoms with Gasteiger partial charge in [-0.15, -0.1) is 0 Å². The molecule has 4 saturated carbocycles. The fraction of sp³-hybridized carbons (Fsp3) is 0.906. The Kier molecular flexibility index (Phi) is 9.08. The first-order valence-corrected chi connectivity index (χ1v) is 16.3. The molecule has 232 valence electrons. The fourth-order valence-corrected chi connectivity index (χ4v) is 9.89. The largest absolute Gasteiger partial charge is 0.393 e. The Morgan fingerprint density at radius 3 is 2.24 bits per heavy atom. The molecule has 1 aliphatic heterocycles. The van der Waals surface area contributed by atoms with Crippen molar-refractivity contribution >= 4 is 17.7 Å². The van der Waals surface area contributed by atoms with E-state index in [0.29, 0.717) is 43.2 Å². The van der Waals surface area contributed by atoms with Gasteiger partial charge in [0.1, 0.15) is 0 Å². The van der Waals surface area contributed by atoms with Crippen LogP contribution in [-0.4, -0.2) is 95.3 Å². The summed E-state index contributed by atoms with van der Waals surface area (Å²) < 4.78 is 0. The summed E-state index contributed by atoms with van der Waals surface area (Å²) in [5.41, 5.74) is 0.297. The van der Waals surface area contributed by atoms with Crippen LogP contribution in [0.15, 0.2) is 0 Å². The number of fused-ring (bicyclic) bond motifs is 5. The summed E-state index contributed by atoms with van der Waals surface area (Å²) in [6.07, 6.45) is 8.64. The number of carbonyl (C=O) groups excluding carboxylic acids is 3. The molecule has 0 bridgehead atoms. The van der Waals surface area contributed by atoms with Crippen LogP contribution in [0.5, 0.6) is 0 Å². The van der Waals surface area contributed by atoms with Crippen molar-refractivity contribution in [2.24, 2.45) is 40.4 Å². The topological polar surface area (TPSA) is 122 Å². The SMILES string of the molecule is CC(C)CC(=O)NCC(=O)NCC(=O)N1CCN([C@H]2C[C@@]3(C)[C@@H](CC[C@@H]4[C@@H]3CC[C@]3(C)[C@@H](O)CC[C@@H]43)C[C@@H]2O)CC1. The Balaban J connectivity index is 1.12. The number of nitrogens with zero attached hydrogens (tertiary/aromatic N) is 2. The van der Waals surface area contributed by atoms with Crippen LogP contribution in [0.1, 0.15) is 85.5 Å². The average Bonchev–Trinajstić information content (AvgIpc) is 3.24. The van der Waals surface area contributed by atoms with E-state index in [9.17, 15) is 24.6 Å². The third-order valence-corrected chi connectivity index (χ3v) is 12.2. The summed E-state index contributed by atoms with van der Waals surface area (Å²) in [4.78, 5) is 40.9. The van der Waals surface area contributed by atoms with Crippen molar-refractivity contribution in [3.63, 3.8) is 0 Å². The number of rotatable bonds is 7. The summed E-state index contributed by atoms with van der Waals surface area (Å²) in [6, 6.07) is 0.115. The van der Waals surface area contributed by atoms with Gasteiger partial charge in [0, 0.05) is 38.6 Å². The quantitative estimate of drug-likeness (QED) is 0.370. The molecule has 0 aromatic heterocycles. The Morgan fingerprint density at radius 2 is 1.54 bits per heavy atom. The molecule has 0 spiro atoms. The van der Waals surface area contributed by atoms with Gasteiger partial charge in [-0.2, -0.15) is 0 Å². The molecule has 0 unspecified atom stereocenters. The van der Waals surface area contributed by atoms with Gasteiger partial charge in [0.05, 0.1) is 25.3 Å². The highest BCUT2D eigenvalue weighted by atomic mass is 16.3. The van der Waals surface area contributed by atoms with Crippen LogP contribution in [0.2, 0.25) is 0 Å². The number of aliphatic hydroxyl groups excluding tert-OH is 2. The van der Waals surface area contributed by atoms with E-state index in [1.54, 1.807) is 4.90 Å². The van der Waals surface area contributed by atoms with Crippen molar-refractivity contribution in [3.8, 4) is 0 Å². The van der Waals surface area contributed by atoms with Gasteiger partial charge in [-0.25, -0.2) is 0 Å². The molecule has 3 amide bonds. The first-order valence-electron chi connectivity index (χ1n) is 16.3. The van der Waals surface area contributed by atoms with E-state index in [-0.39, 0.29) is 65.8 Å². The summed E-state index contributed by atoms with van der Waals surface area (Å²) in [5, 5.41) is 27.4. The first-order chi connectivity index (χ1) is 19.4. The molecule has 5 fully saturated rings. The number of piperazine rings is 1. The number of carbonyl (C=O) groups is 3. The van der Waals surface area contributed by atoms with Gasteiger partial charge in [0.25, 0.3) is 0 Å². The summed E-state index contributed by atoms with van der Waals surface area (Å²) in [5.74, 6) is 2.15. The van der Waals surface area contributed by atoms with Gasteiger partial charge in [-0.3, -0.25) is 19.3 Å². The maximum atomic E-state index is 12.8. The molecule has 5 rings (SSSR count). The highest BCUT2D eigenvalue weighted by Crippen LogP contribution is 2.66. The standard InChI is InChI=1S/C32H54N4O5/c1-20(2)15-28(39)33-18-29(40)34-19-30(41)36-13-11-35(12-14-36)25-17-32(4)21(16-26(25)37)5-6-22-23-7-8-27(38)31(23,3)10-9-24(22)32/h20-27,37-38H,5-19H2,1-4H3,(H,33,39)(H,34,40)/t21-,22-,23-,24-,25-,26-,27-,31-,32-/m0/s1. The number of hydrogen-bond donors (Lipinski definition) is 4. The maximum absolute atomic E-state index is 12.8. The van der Waals surface area contributed by atoms with Crippen LogP contribution >= 0.6 is 0 Å². The van der Waals surface area contributed by atoms with E-state index in [1.807, 2.05) is 13.8 Å². The lowest BCUT2D eigenvalue weighted by Gasteiger charge is -2.62. The molecule has 9 heteroatoms. The zero-order chi connectivity index (χ0) is 29.5. The second kappa shape index (κ2) is 12.1. The second-order valence-electron chi connectivity index (χ2n) is 14.9. The minimum atomic E-state index is -0.358. The summed E-state index contributed by atoms with van der Waals surface area (Å²) >= 11 is 0. The van der Waals surface area contributed by atoms with Crippen LogP contribution in [0.4, 0.5) is 0 Å². The lowest BCUT2D eigenvalue weighted by molar-refractivity contribution is -0.156. The van der Waals surface area contributed by atoms with Crippen LogP contribution < -0.4 is 10.6 Å². The molecule has 1 heterocycles. The number of nitrogens with one attached hydrogen (secondary N) is 2. The lowest BCUT2D eigenvalue weighted by Crippen LogP contribution is -2.62. The molecule has 4 N–H and O–H groups in total. The van der Waals surface area contributed by atoms with Crippen molar-refractivity contribution in [2.45, 2.75) is 104 Å². The van der Waals surface area contributed by atoms with Crippen molar-refractivity contribution in [2.75, 3.05) is 39.3 Å². The van der Waals surface area contributed by atoms with Gasteiger partial charge in [0.2, 0.25) is 17.7 Å². The second-order valence-corrected chi connectivity index (χ2v) is 14.9. The van der Waals surface area contributed by atoms with Gasteiger partial charge in [-0.05, 0) is 91.8 Å². The first kappa shape index (κ1) is 30.7. The maximum Gasteiger partial charge on any atom is 0.242 e. The van der Waals surface area contributed by atoms with Crippen LogP contribution in [0.3, 0.4) is 0 Å². The highest BCUT2D eigenvalue weighted by Gasteiger charge is 2.61. The van der Waals surface area contributed by atoms with Gasteiger partial charge >= 0.3 is 0 Å². The Morgan fingerprint density at radius 1 is 0.854 bits per heavy atom. The van der Waals surface area contributed by atoms with Gasteiger partial charge < -0.3 is 25.7 Å². The minimum absolute atomic E-state index is 0.0669. The number of hydrogen-bond acceptors (Lipinski definition) is 6. The third-order valence-electron chi connectivity index (χ3n) is 12.2. The number of amides is 3. The molecule has 9 atom stereocenters. The number of aliphatic hydroxyl groups is 2. The predicted molar refractivity (Wildman–Crippen MR) is 157 cm³/mol. The highest BCUT2D eigenvalue weighted by molar-refractivity contribution is 5.88. The molecule has 0 radical (unpaired) electrons. The molecular weight excluding hydrogens is 520 g/mol. The molecule has 41 heavy (non-hydrogen) atoms. The smallest absolute Gasteiger partial charge is 0.242 e. The van der Waals surface area contributed by atoms with E-state index >= 15 is 0 Å². The summed E-state index contributed by atoms with van der Waals surface area (Å²) in [7, 11) is 0. The van der Waals surface area contributed by atoms with Gasteiger partial charge in [-0.1, -0.05) is 27.7 Å². The lowest BCUT2D eigenvalue weighted by atomic mass is 9.44. The van der Waals surface area contributed by atoms with E-state index in [0.717, 1.165) is 45.2 Å². The van der Waals surface area contributed by atoms with Crippen molar-refractivity contribution in [1.29, 1.82) is 0 Å². The van der Waals surface area contributed by atoms with Crippen LogP contribution in [0, 0.1) is 40.4 Å². The molecule has 9 nitrogen and oxygen atoms in total. The Hall–Kier alpha value is -1.71. The van der Waals surface area contributed by atoms with E-state index in [4.69, 9.17) is 0 Å². The van der Waals surface area contributed by atoms with Crippen molar-refractivity contribution in [3.05, 3.63) is 0 Å². The van der Waals surface area contributed by atoms with E-state index < -0.39 is 0 Å². The molecule has 0 aromatic carbocycles. The molecule has 1 saturated heterocycles. The zero-order valence-electron chi connectivity index (χ0n) is 25.7. The normalized spacial score (nSPS) is 40.9. The molecule has 5 aliphatic rings. The van der Waals surface area contributed by atoms with Crippen molar-refractivity contribution in [1.82, 2.24) is 20.4 Å². The molecule has 4 aliphatic carbocycles. The zero-order valence-corrected chi connectivity index (χ0v) is 25.7. The molecule has 0 aromatic rings. The monoisotopic (exact) mass is 574 g/mol. The minimum Gasteiger partial charge on any atom is -0.393 e. The third kappa shape index (κ3) is 6.05. The van der Waals surface area contributed by atoms with E-state index in [1.165, 1.54) is 19.3 Å². The van der Waals surface area contributed by atoms with Crippen LogP contribution in [0.25, 0.3) is 0 Å². The predicted octanol–water partition coefficient (Wildman–Crippen LogP) is 2.15.